The second-order valence-corrected chi connectivity index (χ2v) is 9.10. The molecule has 1 aromatic heterocycles. The quantitative estimate of drug-likeness (QED) is 0.779. The van der Waals surface area contributed by atoms with Crippen LogP contribution in [0, 0.1) is 5.92 Å². The van der Waals surface area contributed by atoms with Crippen LogP contribution in [0.1, 0.15) is 50.2 Å². The van der Waals surface area contributed by atoms with E-state index in [2.05, 4.69) is 9.55 Å². The molecule has 0 unspecified atom stereocenters. The van der Waals surface area contributed by atoms with Gasteiger partial charge in [-0.1, -0.05) is 12.8 Å². The highest BCUT2D eigenvalue weighted by atomic mass is 32.2. The zero-order valence-electron chi connectivity index (χ0n) is 14.8. The molecule has 0 N–H and O–H groups in total. The fraction of sp³-hybridized carbons (Fsp3) is 0.812. The molecule has 1 fully saturated rings. The molecule has 7 nitrogen and oxygen atoms in total. The Balaban J connectivity index is 1.66. The van der Waals surface area contributed by atoms with E-state index in [1.165, 1.54) is 34.3 Å². The lowest BCUT2D eigenvalue weighted by Gasteiger charge is -2.34. The number of aromatic nitrogens is 2. The molecule has 0 saturated heterocycles. The fourth-order valence-corrected chi connectivity index (χ4v) is 4.91. The number of hydrogen-bond acceptors (Lipinski definition) is 4. The van der Waals surface area contributed by atoms with E-state index in [-0.39, 0.29) is 6.04 Å². The van der Waals surface area contributed by atoms with Crippen molar-refractivity contribution in [2.24, 2.45) is 5.92 Å². The summed E-state index contributed by atoms with van der Waals surface area (Å²) >= 11 is 0. The summed E-state index contributed by atoms with van der Waals surface area (Å²) in [6.07, 6.45) is 7.03. The van der Waals surface area contributed by atoms with E-state index in [0.717, 1.165) is 18.1 Å². The second kappa shape index (κ2) is 7.11. The van der Waals surface area contributed by atoms with E-state index in [1.54, 1.807) is 14.1 Å². The number of fused-ring (bicyclic) bond motifs is 1. The first-order chi connectivity index (χ1) is 11.4. The summed E-state index contributed by atoms with van der Waals surface area (Å²) in [4.78, 5) is 4.47. The molecule has 1 saturated carbocycles. The first kappa shape index (κ1) is 17.8. The lowest BCUT2D eigenvalue weighted by molar-refractivity contribution is 0.0835. The molecular weight excluding hydrogens is 328 g/mol. The average molecular weight is 356 g/mol. The predicted molar refractivity (Wildman–Crippen MR) is 91.6 cm³/mol. The first-order valence-electron chi connectivity index (χ1n) is 8.72. The predicted octanol–water partition coefficient (Wildman–Crippen LogP) is 1.77. The van der Waals surface area contributed by atoms with Crippen molar-refractivity contribution in [2.45, 2.75) is 51.8 Å². The summed E-state index contributed by atoms with van der Waals surface area (Å²) in [6, 6.07) is -0.269. The van der Waals surface area contributed by atoms with Crippen molar-refractivity contribution in [3.8, 4) is 0 Å². The van der Waals surface area contributed by atoms with Crippen molar-refractivity contribution in [3.05, 3.63) is 17.7 Å². The highest BCUT2D eigenvalue weighted by Gasteiger charge is 2.36. The molecule has 0 amide bonds. The van der Waals surface area contributed by atoms with Crippen LogP contribution < -0.4 is 0 Å². The Labute approximate surface area is 144 Å². The Morgan fingerprint density at radius 2 is 2.00 bits per heavy atom. The maximum Gasteiger partial charge on any atom is 0.282 e. The topological polar surface area (TPSA) is 67.7 Å². The number of rotatable bonds is 6. The molecule has 0 radical (unpaired) electrons. The van der Waals surface area contributed by atoms with E-state index in [1.807, 2.05) is 13.1 Å². The van der Waals surface area contributed by atoms with Gasteiger partial charge in [-0.2, -0.15) is 17.0 Å². The van der Waals surface area contributed by atoms with Gasteiger partial charge in [0.2, 0.25) is 0 Å². The van der Waals surface area contributed by atoms with Crippen LogP contribution in [0.4, 0.5) is 0 Å². The van der Waals surface area contributed by atoms with Gasteiger partial charge >= 0.3 is 0 Å². The Morgan fingerprint density at radius 3 is 2.67 bits per heavy atom. The maximum absolute atomic E-state index is 12.4. The van der Waals surface area contributed by atoms with Crippen LogP contribution in [-0.2, 0) is 28.1 Å². The summed E-state index contributed by atoms with van der Waals surface area (Å²) in [5.41, 5.74) is 1.04. The van der Waals surface area contributed by atoms with E-state index in [4.69, 9.17) is 4.74 Å². The van der Waals surface area contributed by atoms with Gasteiger partial charge < -0.3 is 9.30 Å². The van der Waals surface area contributed by atoms with Gasteiger partial charge in [0.1, 0.15) is 5.82 Å². The van der Waals surface area contributed by atoms with Crippen LogP contribution in [0.2, 0.25) is 0 Å². The SMILES string of the molecule is C[C@@H]1c2ncc(COCC3CCCC3)n2CCN1S(=O)(=O)N(C)C. The molecule has 0 aromatic carbocycles. The lowest BCUT2D eigenvalue weighted by Crippen LogP contribution is -2.46. The molecule has 0 spiro atoms. The molecule has 136 valence electrons. The van der Waals surface area contributed by atoms with Gasteiger partial charge in [-0.05, 0) is 25.7 Å². The third kappa shape index (κ3) is 3.37. The normalized spacial score (nSPS) is 23.1. The Morgan fingerprint density at radius 1 is 1.29 bits per heavy atom. The second-order valence-electron chi connectivity index (χ2n) is 7.00. The number of hydrogen-bond donors (Lipinski definition) is 0. The third-order valence-electron chi connectivity index (χ3n) is 5.15. The highest BCUT2D eigenvalue weighted by Crippen LogP contribution is 2.29. The van der Waals surface area contributed by atoms with Gasteiger partial charge in [-0.25, -0.2) is 4.98 Å². The zero-order valence-corrected chi connectivity index (χ0v) is 15.6. The molecule has 8 heteroatoms. The third-order valence-corrected chi connectivity index (χ3v) is 7.17. The molecular formula is C16H28N4O3S. The number of ether oxygens (including phenoxy) is 1. The summed E-state index contributed by atoms with van der Waals surface area (Å²) in [5, 5.41) is 0. The number of imidazole rings is 1. The molecule has 3 rings (SSSR count). The van der Waals surface area contributed by atoms with Crippen LogP contribution in [0.15, 0.2) is 6.20 Å². The van der Waals surface area contributed by atoms with Gasteiger partial charge in [0.25, 0.3) is 10.2 Å². The minimum atomic E-state index is -3.43. The smallest absolute Gasteiger partial charge is 0.282 e. The van der Waals surface area contributed by atoms with Gasteiger partial charge in [0.05, 0.1) is 24.5 Å². The summed E-state index contributed by atoms with van der Waals surface area (Å²) < 4.78 is 35.6. The van der Waals surface area contributed by atoms with E-state index in [0.29, 0.717) is 25.6 Å². The summed E-state index contributed by atoms with van der Waals surface area (Å²) in [7, 11) is -0.307. The van der Waals surface area contributed by atoms with Crippen molar-refractivity contribution in [1.82, 2.24) is 18.2 Å². The molecule has 24 heavy (non-hydrogen) atoms. The van der Waals surface area contributed by atoms with Crippen molar-refractivity contribution >= 4 is 10.2 Å². The number of nitrogens with zero attached hydrogens (tertiary/aromatic N) is 4. The minimum absolute atomic E-state index is 0.269. The van der Waals surface area contributed by atoms with E-state index < -0.39 is 10.2 Å². The van der Waals surface area contributed by atoms with Crippen LogP contribution in [0.5, 0.6) is 0 Å². The Hall–Kier alpha value is -0.960. The van der Waals surface area contributed by atoms with Crippen molar-refractivity contribution < 1.29 is 13.2 Å². The first-order valence-corrected chi connectivity index (χ1v) is 10.1. The molecule has 0 bridgehead atoms. The fourth-order valence-electron chi connectivity index (χ4n) is 3.69. The van der Waals surface area contributed by atoms with Crippen molar-refractivity contribution in [1.29, 1.82) is 0 Å². The monoisotopic (exact) mass is 356 g/mol. The lowest BCUT2D eigenvalue weighted by atomic mass is 10.1. The Bertz CT molecular complexity index is 665. The molecule has 1 aliphatic heterocycles. The molecule has 1 aromatic rings. The van der Waals surface area contributed by atoms with Crippen LogP contribution in [0.25, 0.3) is 0 Å². The Kier molecular flexibility index (Phi) is 5.29. The summed E-state index contributed by atoms with van der Waals surface area (Å²) in [6.45, 7) is 4.34. The highest BCUT2D eigenvalue weighted by molar-refractivity contribution is 7.86. The molecule has 2 heterocycles. The minimum Gasteiger partial charge on any atom is -0.375 e. The molecule has 1 aliphatic carbocycles. The van der Waals surface area contributed by atoms with Crippen LogP contribution >= 0.6 is 0 Å². The summed E-state index contributed by atoms with van der Waals surface area (Å²) in [5.74, 6) is 1.50. The van der Waals surface area contributed by atoms with E-state index >= 15 is 0 Å². The standard InChI is InChI=1S/C16H28N4O3S/c1-13-16-17-10-15(12-23-11-14-6-4-5-7-14)19(16)8-9-20(13)24(21,22)18(2)3/h10,13-14H,4-9,11-12H2,1-3H3/t13-/m1/s1. The average Bonchev–Trinajstić information content (AvgIpc) is 3.17. The van der Waals surface area contributed by atoms with Gasteiger partial charge in [-0.15, -0.1) is 0 Å². The van der Waals surface area contributed by atoms with Gasteiger partial charge in [0.15, 0.2) is 0 Å². The van der Waals surface area contributed by atoms with Gasteiger partial charge in [-0.3, -0.25) is 0 Å². The maximum atomic E-state index is 12.4. The van der Waals surface area contributed by atoms with Crippen LogP contribution in [0.3, 0.4) is 0 Å². The zero-order chi connectivity index (χ0) is 17.3. The van der Waals surface area contributed by atoms with E-state index in [9.17, 15) is 8.42 Å². The molecule has 2 aliphatic rings. The van der Waals surface area contributed by atoms with Crippen molar-refractivity contribution in [2.75, 3.05) is 27.2 Å². The largest absolute Gasteiger partial charge is 0.375 e. The van der Waals surface area contributed by atoms with Gasteiger partial charge in [0, 0.05) is 33.8 Å². The molecule has 1 atom stereocenters. The van der Waals surface area contributed by atoms with Crippen molar-refractivity contribution in [3.63, 3.8) is 0 Å². The van der Waals surface area contributed by atoms with Crippen LogP contribution in [-0.4, -0.2) is 53.8 Å².